The Morgan fingerprint density at radius 1 is 1.24 bits per heavy atom. The molecule has 0 amide bonds. The Hall–Kier alpha value is -0.120. The van der Waals surface area contributed by atoms with Crippen LogP contribution in [-0.4, -0.2) is 61.7 Å². The lowest BCUT2D eigenvalue weighted by molar-refractivity contribution is 0.0447. The summed E-state index contributed by atoms with van der Waals surface area (Å²) in [5, 5.41) is 3.47. The van der Waals surface area contributed by atoms with Crippen LogP contribution in [0.1, 0.15) is 39.0 Å². The summed E-state index contributed by atoms with van der Waals surface area (Å²) in [6, 6.07) is 1.55. The Morgan fingerprint density at radius 3 is 2.88 bits per heavy atom. The van der Waals surface area contributed by atoms with Gasteiger partial charge in [0.05, 0.1) is 0 Å². The molecule has 2 heterocycles. The lowest BCUT2D eigenvalue weighted by Crippen LogP contribution is -2.56. The molecule has 17 heavy (non-hydrogen) atoms. The number of piperidine rings is 1. The van der Waals surface area contributed by atoms with Gasteiger partial charge in [-0.2, -0.15) is 0 Å². The molecule has 2 aliphatic rings. The second kappa shape index (κ2) is 6.72. The zero-order valence-corrected chi connectivity index (χ0v) is 11.6. The second-order valence-electron chi connectivity index (χ2n) is 5.72. The van der Waals surface area contributed by atoms with Crippen molar-refractivity contribution in [2.75, 3.05) is 39.8 Å². The van der Waals surface area contributed by atoms with E-state index in [1.165, 1.54) is 64.8 Å². The zero-order valence-electron chi connectivity index (χ0n) is 11.6. The molecule has 2 rings (SSSR count). The first-order valence-corrected chi connectivity index (χ1v) is 7.47. The number of hydrogen-bond acceptors (Lipinski definition) is 3. The van der Waals surface area contributed by atoms with E-state index >= 15 is 0 Å². The van der Waals surface area contributed by atoms with Crippen LogP contribution in [0, 0.1) is 0 Å². The van der Waals surface area contributed by atoms with Crippen LogP contribution in [-0.2, 0) is 0 Å². The van der Waals surface area contributed by atoms with Crippen molar-refractivity contribution >= 4 is 0 Å². The maximum absolute atomic E-state index is 3.47. The third kappa shape index (κ3) is 3.67. The van der Waals surface area contributed by atoms with Crippen molar-refractivity contribution in [3.8, 4) is 0 Å². The van der Waals surface area contributed by atoms with Crippen LogP contribution >= 0.6 is 0 Å². The van der Waals surface area contributed by atoms with Gasteiger partial charge in [-0.15, -0.1) is 0 Å². The highest BCUT2D eigenvalue weighted by molar-refractivity contribution is 4.86. The molecule has 0 bridgehead atoms. The van der Waals surface area contributed by atoms with Crippen molar-refractivity contribution in [1.29, 1.82) is 0 Å². The largest absolute Gasteiger partial charge is 0.316 e. The van der Waals surface area contributed by atoms with Crippen LogP contribution in [0.5, 0.6) is 0 Å². The summed E-state index contributed by atoms with van der Waals surface area (Å²) in [5.74, 6) is 0. The first kappa shape index (κ1) is 13.3. The van der Waals surface area contributed by atoms with Crippen LogP contribution in [0.3, 0.4) is 0 Å². The zero-order chi connectivity index (χ0) is 12.1. The monoisotopic (exact) mass is 239 g/mol. The van der Waals surface area contributed by atoms with Gasteiger partial charge in [0.1, 0.15) is 0 Å². The number of rotatable bonds is 5. The Balaban J connectivity index is 1.78. The average molecular weight is 239 g/mol. The minimum absolute atomic E-state index is 0.690. The number of piperazine rings is 1. The fraction of sp³-hybridized carbons (Fsp3) is 1.00. The minimum Gasteiger partial charge on any atom is -0.316 e. The molecule has 1 N–H and O–H groups in total. The van der Waals surface area contributed by atoms with E-state index in [1.807, 2.05) is 0 Å². The van der Waals surface area contributed by atoms with E-state index < -0.39 is 0 Å². The summed E-state index contributed by atoms with van der Waals surface area (Å²) < 4.78 is 0. The quantitative estimate of drug-likeness (QED) is 0.785. The maximum atomic E-state index is 3.47. The predicted octanol–water partition coefficient (Wildman–Crippen LogP) is 1.54. The van der Waals surface area contributed by atoms with Gasteiger partial charge in [0.25, 0.3) is 0 Å². The van der Waals surface area contributed by atoms with Gasteiger partial charge in [-0.1, -0.05) is 19.8 Å². The van der Waals surface area contributed by atoms with Crippen LogP contribution < -0.4 is 5.32 Å². The third-order valence-electron chi connectivity index (χ3n) is 4.45. The Labute approximate surface area is 107 Å². The van der Waals surface area contributed by atoms with Gasteiger partial charge in [0.2, 0.25) is 0 Å². The van der Waals surface area contributed by atoms with E-state index in [4.69, 9.17) is 0 Å². The standard InChI is InChI=1S/C14H29N3/c1-3-6-13(15-2)11-16-9-10-17-8-5-4-7-14(17)12-16/h13-15H,3-12H2,1-2H3. The molecule has 0 saturated carbocycles. The smallest absolute Gasteiger partial charge is 0.0223 e. The van der Waals surface area contributed by atoms with Crippen molar-refractivity contribution in [2.24, 2.45) is 0 Å². The number of nitrogens with zero attached hydrogens (tertiary/aromatic N) is 2. The Kier molecular flexibility index (Phi) is 5.26. The molecule has 0 aliphatic carbocycles. The molecule has 0 aromatic rings. The van der Waals surface area contributed by atoms with Gasteiger partial charge in [-0.3, -0.25) is 9.80 Å². The van der Waals surface area contributed by atoms with Gasteiger partial charge in [-0.05, 0) is 32.9 Å². The fourth-order valence-corrected chi connectivity index (χ4v) is 3.37. The topological polar surface area (TPSA) is 18.5 Å². The summed E-state index contributed by atoms with van der Waals surface area (Å²) in [7, 11) is 2.11. The van der Waals surface area contributed by atoms with Gasteiger partial charge in [0, 0.05) is 38.3 Å². The Morgan fingerprint density at radius 2 is 2.12 bits per heavy atom. The molecule has 3 nitrogen and oxygen atoms in total. The molecule has 0 aromatic carbocycles. The van der Waals surface area contributed by atoms with Crippen LogP contribution in [0.15, 0.2) is 0 Å². The van der Waals surface area contributed by atoms with Gasteiger partial charge < -0.3 is 5.32 Å². The summed E-state index contributed by atoms with van der Waals surface area (Å²) in [6.07, 6.45) is 6.88. The number of hydrogen-bond donors (Lipinski definition) is 1. The molecule has 0 spiro atoms. The van der Waals surface area contributed by atoms with Crippen molar-refractivity contribution in [2.45, 2.75) is 51.1 Å². The van der Waals surface area contributed by atoms with Crippen molar-refractivity contribution in [1.82, 2.24) is 15.1 Å². The average Bonchev–Trinajstić information content (AvgIpc) is 2.38. The fourth-order valence-electron chi connectivity index (χ4n) is 3.37. The first-order chi connectivity index (χ1) is 8.33. The lowest BCUT2D eigenvalue weighted by atomic mass is 9.99. The highest BCUT2D eigenvalue weighted by atomic mass is 15.3. The van der Waals surface area contributed by atoms with E-state index in [9.17, 15) is 0 Å². The molecule has 2 unspecified atom stereocenters. The molecular weight excluding hydrogens is 210 g/mol. The van der Waals surface area contributed by atoms with Crippen molar-refractivity contribution in [3.05, 3.63) is 0 Å². The highest BCUT2D eigenvalue weighted by Gasteiger charge is 2.29. The van der Waals surface area contributed by atoms with Crippen molar-refractivity contribution in [3.63, 3.8) is 0 Å². The molecular formula is C14H29N3. The molecule has 2 aliphatic heterocycles. The summed E-state index contributed by atoms with van der Waals surface area (Å²) in [5.41, 5.74) is 0. The van der Waals surface area contributed by atoms with E-state index in [0.29, 0.717) is 6.04 Å². The summed E-state index contributed by atoms with van der Waals surface area (Å²) in [4.78, 5) is 5.40. The van der Waals surface area contributed by atoms with Crippen LogP contribution in [0.25, 0.3) is 0 Å². The molecule has 3 heteroatoms. The predicted molar refractivity (Wildman–Crippen MR) is 73.4 cm³/mol. The molecule has 2 fully saturated rings. The SMILES string of the molecule is CCCC(CN1CCN2CCCCC2C1)NC. The maximum Gasteiger partial charge on any atom is 0.0223 e. The molecule has 100 valence electrons. The summed E-state index contributed by atoms with van der Waals surface area (Å²) in [6.45, 7) is 8.76. The van der Waals surface area contributed by atoms with Crippen LogP contribution in [0.2, 0.25) is 0 Å². The van der Waals surface area contributed by atoms with E-state index in [0.717, 1.165) is 6.04 Å². The van der Waals surface area contributed by atoms with E-state index in [1.54, 1.807) is 0 Å². The molecule has 2 saturated heterocycles. The number of nitrogens with one attached hydrogen (secondary N) is 1. The third-order valence-corrected chi connectivity index (χ3v) is 4.45. The second-order valence-corrected chi connectivity index (χ2v) is 5.72. The number of likely N-dealkylation sites (N-methyl/N-ethyl adjacent to an activating group) is 1. The van der Waals surface area contributed by atoms with Gasteiger partial charge >= 0.3 is 0 Å². The van der Waals surface area contributed by atoms with Crippen LogP contribution in [0.4, 0.5) is 0 Å². The minimum atomic E-state index is 0.690. The van der Waals surface area contributed by atoms with Crippen molar-refractivity contribution < 1.29 is 0 Å². The number of fused-ring (bicyclic) bond motifs is 1. The van der Waals surface area contributed by atoms with E-state index in [-0.39, 0.29) is 0 Å². The lowest BCUT2D eigenvalue weighted by Gasteiger charge is -2.44. The Bertz CT molecular complexity index is 218. The summed E-state index contributed by atoms with van der Waals surface area (Å²) >= 11 is 0. The van der Waals surface area contributed by atoms with E-state index in [2.05, 4.69) is 29.1 Å². The van der Waals surface area contributed by atoms with Gasteiger partial charge in [-0.25, -0.2) is 0 Å². The first-order valence-electron chi connectivity index (χ1n) is 7.47. The van der Waals surface area contributed by atoms with Gasteiger partial charge in [0.15, 0.2) is 0 Å². The molecule has 0 radical (unpaired) electrons. The normalized spacial score (nSPS) is 28.9. The molecule has 2 atom stereocenters. The highest BCUT2D eigenvalue weighted by Crippen LogP contribution is 2.21. The molecule has 0 aromatic heterocycles.